The average Bonchev–Trinajstić information content (AvgIpc) is 2.59. The van der Waals surface area contributed by atoms with Crippen LogP contribution in [0.3, 0.4) is 0 Å². The molecule has 1 saturated heterocycles. The van der Waals surface area contributed by atoms with Crippen molar-refractivity contribution in [1.29, 1.82) is 0 Å². The maximum atomic E-state index is 12.5. The number of aromatic nitrogens is 1. The predicted molar refractivity (Wildman–Crippen MR) is 75.8 cm³/mol. The first-order valence-corrected chi connectivity index (χ1v) is 7.24. The highest BCUT2D eigenvalue weighted by Crippen LogP contribution is 2.17. The zero-order valence-corrected chi connectivity index (χ0v) is 12.6. The van der Waals surface area contributed by atoms with Crippen LogP contribution in [0, 0.1) is 0 Å². The molecule has 5 heteroatoms. The monoisotopic (exact) mass is 313 g/mol. The van der Waals surface area contributed by atoms with Crippen molar-refractivity contribution in [2.24, 2.45) is 0 Å². The molecule has 2 heterocycles. The van der Waals surface area contributed by atoms with Gasteiger partial charge in [0.05, 0.1) is 0 Å². The van der Waals surface area contributed by atoms with E-state index in [0.717, 1.165) is 49.3 Å². The van der Waals surface area contributed by atoms with E-state index in [1.807, 2.05) is 21.7 Å². The normalized spacial score (nSPS) is 17.8. The van der Waals surface area contributed by atoms with E-state index >= 15 is 0 Å². The Morgan fingerprint density at radius 2 is 2.11 bits per heavy atom. The molecule has 0 spiro atoms. The Morgan fingerprint density at radius 1 is 1.33 bits per heavy atom. The second-order valence-electron chi connectivity index (χ2n) is 4.78. The first-order valence-electron chi connectivity index (χ1n) is 6.45. The van der Waals surface area contributed by atoms with Crippen molar-refractivity contribution in [3.63, 3.8) is 0 Å². The summed E-state index contributed by atoms with van der Waals surface area (Å²) < 4.78 is 2.97. The molecule has 100 valence electrons. The smallest absolute Gasteiger partial charge is 0.270 e. The highest BCUT2D eigenvalue weighted by molar-refractivity contribution is 9.10. The van der Waals surface area contributed by atoms with Crippen LogP contribution in [-0.4, -0.2) is 53.5 Å². The Balaban J connectivity index is 2.14. The standard InChI is InChI=1S/C13H20BrN3O/c1-3-16-10-11(14)9-12(16)13(18)17-6-4-5-15(2)7-8-17/h9-10H,3-8H2,1-2H3. The summed E-state index contributed by atoms with van der Waals surface area (Å²) in [4.78, 5) is 16.8. The van der Waals surface area contributed by atoms with Crippen LogP contribution in [0.15, 0.2) is 16.7 Å². The molecule has 0 atom stereocenters. The Morgan fingerprint density at radius 3 is 2.83 bits per heavy atom. The first kappa shape index (κ1) is 13.6. The van der Waals surface area contributed by atoms with Gasteiger partial charge in [0.1, 0.15) is 5.69 Å². The van der Waals surface area contributed by atoms with Gasteiger partial charge in [-0.2, -0.15) is 0 Å². The number of aryl methyl sites for hydroxylation is 1. The molecule has 0 aromatic carbocycles. The largest absolute Gasteiger partial charge is 0.343 e. The molecule has 0 aliphatic carbocycles. The van der Waals surface area contributed by atoms with Crippen LogP contribution < -0.4 is 0 Å². The van der Waals surface area contributed by atoms with Gasteiger partial charge in [-0.3, -0.25) is 4.79 Å². The van der Waals surface area contributed by atoms with Gasteiger partial charge in [0.15, 0.2) is 0 Å². The van der Waals surface area contributed by atoms with Crippen LogP contribution in [0.25, 0.3) is 0 Å². The molecule has 0 radical (unpaired) electrons. The van der Waals surface area contributed by atoms with E-state index in [9.17, 15) is 4.79 Å². The number of rotatable bonds is 2. The predicted octanol–water partition coefficient (Wildman–Crippen LogP) is 2.05. The van der Waals surface area contributed by atoms with Gasteiger partial charge in [-0.05, 0) is 48.9 Å². The zero-order valence-electron chi connectivity index (χ0n) is 11.0. The molecule has 1 aromatic heterocycles. The van der Waals surface area contributed by atoms with Crippen molar-refractivity contribution in [1.82, 2.24) is 14.4 Å². The third-order valence-corrected chi connectivity index (χ3v) is 3.86. The Bertz CT molecular complexity index is 430. The second kappa shape index (κ2) is 5.89. The molecule has 0 saturated carbocycles. The first-order chi connectivity index (χ1) is 8.61. The number of nitrogens with zero attached hydrogens (tertiary/aromatic N) is 3. The Kier molecular flexibility index (Phi) is 4.45. The van der Waals surface area contributed by atoms with Crippen LogP contribution in [0.4, 0.5) is 0 Å². The number of halogens is 1. The lowest BCUT2D eigenvalue weighted by atomic mass is 10.3. The molecule has 1 aromatic rings. The lowest BCUT2D eigenvalue weighted by Gasteiger charge is -2.21. The van der Waals surface area contributed by atoms with Gasteiger partial charge in [0, 0.05) is 36.8 Å². The van der Waals surface area contributed by atoms with E-state index in [-0.39, 0.29) is 5.91 Å². The number of carbonyl (C=O) groups excluding carboxylic acids is 1. The Labute approximate surface area is 117 Å². The molecule has 18 heavy (non-hydrogen) atoms. The topological polar surface area (TPSA) is 28.5 Å². The Hall–Kier alpha value is -0.810. The van der Waals surface area contributed by atoms with Crippen molar-refractivity contribution in [3.8, 4) is 0 Å². The number of amides is 1. The van der Waals surface area contributed by atoms with Crippen LogP contribution >= 0.6 is 15.9 Å². The zero-order chi connectivity index (χ0) is 13.1. The van der Waals surface area contributed by atoms with Crippen LogP contribution in [0.2, 0.25) is 0 Å². The fourth-order valence-electron chi connectivity index (χ4n) is 2.33. The van der Waals surface area contributed by atoms with E-state index in [2.05, 4.69) is 34.8 Å². The van der Waals surface area contributed by atoms with Crippen molar-refractivity contribution in [3.05, 3.63) is 22.4 Å². The minimum atomic E-state index is 0.151. The van der Waals surface area contributed by atoms with E-state index in [1.54, 1.807) is 0 Å². The summed E-state index contributed by atoms with van der Waals surface area (Å²) >= 11 is 3.44. The van der Waals surface area contributed by atoms with Gasteiger partial charge < -0.3 is 14.4 Å². The van der Waals surface area contributed by atoms with Crippen molar-refractivity contribution in [2.45, 2.75) is 19.9 Å². The molecule has 1 amide bonds. The number of hydrogen-bond acceptors (Lipinski definition) is 2. The summed E-state index contributed by atoms with van der Waals surface area (Å²) in [6.45, 7) is 6.58. The van der Waals surface area contributed by atoms with Crippen molar-refractivity contribution >= 4 is 21.8 Å². The molecule has 2 rings (SSSR count). The quantitative estimate of drug-likeness (QED) is 0.836. The molecule has 1 aliphatic heterocycles. The summed E-state index contributed by atoms with van der Waals surface area (Å²) in [5, 5.41) is 0. The lowest BCUT2D eigenvalue weighted by molar-refractivity contribution is 0.0752. The third-order valence-electron chi connectivity index (χ3n) is 3.43. The SMILES string of the molecule is CCn1cc(Br)cc1C(=O)N1CCCN(C)CC1. The fourth-order valence-corrected chi connectivity index (χ4v) is 2.79. The summed E-state index contributed by atoms with van der Waals surface area (Å²) in [6.07, 6.45) is 3.02. The molecular formula is C13H20BrN3O. The maximum Gasteiger partial charge on any atom is 0.270 e. The molecule has 0 unspecified atom stereocenters. The summed E-state index contributed by atoms with van der Waals surface area (Å²) in [7, 11) is 2.11. The molecule has 4 nitrogen and oxygen atoms in total. The van der Waals surface area contributed by atoms with Crippen LogP contribution in [-0.2, 0) is 6.54 Å². The molecule has 1 fully saturated rings. The van der Waals surface area contributed by atoms with Crippen molar-refractivity contribution in [2.75, 3.05) is 33.2 Å². The van der Waals surface area contributed by atoms with Gasteiger partial charge in [-0.15, -0.1) is 0 Å². The molecular weight excluding hydrogens is 294 g/mol. The number of carbonyl (C=O) groups is 1. The van der Waals surface area contributed by atoms with E-state index in [1.165, 1.54) is 0 Å². The molecule has 0 bridgehead atoms. The van der Waals surface area contributed by atoms with E-state index in [4.69, 9.17) is 0 Å². The maximum absolute atomic E-state index is 12.5. The highest BCUT2D eigenvalue weighted by atomic mass is 79.9. The summed E-state index contributed by atoms with van der Waals surface area (Å²) in [5.74, 6) is 0.151. The van der Waals surface area contributed by atoms with Gasteiger partial charge in [0.2, 0.25) is 0 Å². The average molecular weight is 314 g/mol. The van der Waals surface area contributed by atoms with Gasteiger partial charge in [-0.1, -0.05) is 0 Å². The summed E-state index contributed by atoms with van der Waals surface area (Å²) in [5.41, 5.74) is 0.786. The number of hydrogen-bond donors (Lipinski definition) is 0. The molecule has 0 N–H and O–H groups in total. The van der Waals surface area contributed by atoms with Gasteiger partial charge in [0.25, 0.3) is 5.91 Å². The lowest BCUT2D eigenvalue weighted by Crippen LogP contribution is -2.35. The van der Waals surface area contributed by atoms with Crippen LogP contribution in [0.1, 0.15) is 23.8 Å². The summed E-state index contributed by atoms with van der Waals surface area (Å²) in [6, 6.07) is 1.92. The fraction of sp³-hybridized carbons (Fsp3) is 0.615. The minimum absolute atomic E-state index is 0.151. The van der Waals surface area contributed by atoms with E-state index < -0.39 is 0 Å². The second-order valence-corrected chi connectivity index (χ2v) is 5.69. The third kappa shape index (κ3) is 2.95. The van der Waals surface area contributed by atoms with Crippen molar-refractivity contribution < 1.29 is 4.79 Å². The van der Waals surface area contributed by atoms with E-state index in [0.29, 0.717) is 0 Å². The van der Waals surface area contributed by atoms with Gasteiger partial charge >= 0.3 is 0 Å². The number of likely N-dealkylation sites (N-methyl/N-ethyl adjacent to an activating group) is 1. The minimum Gasteiger partial charge on any atom is -0.343 e. The van der Waals surface area contributed by atoms with Gasteiger partial charge in [-0.25, -0.2) is 0 Å². The highest BCUT2D eigenvalue weighted by Gasteiger charge is 2.21. The van der Waals surface area contributed by atoms with Crippen LogP contribution in [0.5, 0.6) is 0 Å². The molecule has 1 aliphatic rings.